The van der Waals surface area contributed by atoms with Crippen molar-refractivity contribution in [1.29, 1.82) is 0 Å². The van der Waals surface area contributed by atoms with Crippen LogP contribution in [0.25, 0.3) is 0 Å². The van der Waals surface area contributed by atoms with Crippen molar-refractivity contribution in [2.75, 3.05) is 28.3 Å². The summed E-state index contributed by atoms with van der Waals surface area (Å²) >= 11 is 0. The first kappa shape index (κ1) is 38.4. The van der Waals surface area contributed by atoms with E-state index >= 15 is 0 Å². The first-order valence-electron chi connectivity index (χ1n) is 13.8. The van der Waals surface area contributed by atoms with E-state index < -0.39 is 0 Å². The van der Waals surface area contributed by atoms with E-state index in [0.29, 0.717) is 11.8 Å². The molecule has 0 aromatic carbocycles. The smallest absolute Gasteiger partial charge is 0.0696 e. The summed E-state index contributed by atoms with van der Waals surface area (Å²) in [4.78, 5) is 2.00. The number of rotatable bonds is 4. The average Bonchev–Trinajstić information content (AvgIpc) is 3.36. The second-order valence-electron chi connectivity index (χ2n) is 11.9. The zero-order valence-corrected chi connectivity index (χ0v) is 27.5. The van der Waals surface area contributed by atoms with Gasteiger partial charge in [-0.1, -0.05) is 67.0 Å². The third kappa shape index (κ3) is 13.7. The average molecular weight is 496 g/mol. The van der Waals surface area contributed by atoms with E-state index in [-0.39, 0.29) is 16.6 Å². The molecule has 210 valence electrons. The number of aryl methyl sites for hydroxylation is 1. The Morgan fingerprint density at radius 3 is 1.60 bits per heavy atom. The SMILES string of the molecule is CC.CC.CC1=CC(c2cc(C)n(C(C)(C)C)n2)CC1.CN(C)C.COC(C)(C)C(C)(C)C(C)C. The first-order chi connectivity index (χ1) is 15.9. The van der Waals surface area contributed by atoms with Gasteiger partial charge in [-0.25, -0.2) is 0 Å². The molecule has 0 spiro atoms. The zero-order chi connectivity index (χ0) is 28.8. The number of nitrogens with zero attached hydrogens (tertiary/aromatic N) is 3. The molecular formula is C31H65N3O. The van der Waals surface area contributed by atoms with Crippen molar-refractivity contribution in [3.8, 4) is 0 Å². The fourth-order valence-electron chi connectivity index (χ4n) is 3.44. The van der Waals surface area contributed by atoms with Gasteiger partial charge in [-0.2, -0.15) is 5.10 Å². The molecule has 0 saturated carbocycles. The van der Waals surface area contributed by atoms with Gasteiger partial charge in [-0.3, -0.25) is 4.68 Å². The monoisotopic (exact) mass is 496 g/mol. The van der Waals surface area contributed by atoms with E-state index in [4.69, 9.17) is 9.84 Å². The van der Waals surface area contributed by atoms with Crippen LogP contribution in [-0.4, -0.2) is 48.5 Å². The van der Waals surface area contributed by atoms with Crippen molar-refractivity contribution < 1.29 is 4.74 Å². The molecule has 0 fully saturated rings. The van der Waals surface area contributed by atoms with Crippen LogP contribution in [0.4, 0.5) is 0 Å². The maximum atomic E-state index is 5.46. The number of allylic oxidation sites excluding steroid dienone is 2. The molecule has 1 unspecified atom stereocenters. The van der Waals surface area contributed by atoms with Crippen molar-refractivity contribution in [3.63, 3.8) is 0 Å². The van der Waals surface area contributed by atoms with Gasteiger partial charge in [0.2, 0.25) is 0 Å². The Balaban J connectivity index is -0.000000470. The van der Waals surface area contributed by atoms with E-state index in [1.54, 1.807) is 7.11 Å². The molecule has 0 aliphatic heterocycles. The minimum atomic E-state index is -0.0405. The topological polar surface area (TPSA) is 30.3 Å². The zero-order valence-electron chi connectivity index (χ0n) is 27.5. The van der Waals surface area contributed by atoms with Crippen LogP contribution in [0, 0.1) is 18.3 Å². The lowest BCUT2D eigenvalue weighted by molar-refractivity contribution is -0.0916. The highest BCUT2D eigenvalue weighted by Crippen LogP contribution is 2.39. The lowest BCUT2D eigenvalue weighted by Gasteiger charge is -2.43. The number of hydrogen-bond donors (Lipinski definition) is 0. The third-order valence-electron chi connectivity index (χ3n) is 6.76. The number of hydrogen-bond acceptors (Lipinski definition) is 3. The van der Waals surface area contributed by atoms with Gasteiger partial charge in [0.25, 0.3) is 0 Å². The predicted octanol–water partition coefficient (Wildman–Crippen LogP) is 9.09. The molecule has 1 heterocycles. The molecule has 4 nitrogen and oxygen atoms in total. The van der Waals surface area contributed by atoms with Crippen LogP contribution >= 0.6 is 0 Å². The van der Waals surface area contributed by atoms with Crippen molar-refractivity contribution in [2.24, 2.45) is 11.3 Å². The van der Waals surface area contributed by atoms with Crippen LogP contribution in [0.3, 0.4) is 0 Å². The lowest BCUT2D eigenvalue weighted by atomic mass is 9.69. The van der Waals surface area contributed by atoms with Crippen molar-refractivity contribution >= 4 is 0 Å². The normalized spacial score (nSPS) is 15.6. The third-order valence-corrected chi connectivity index (χ3v) is 6.76. The quantitative estimate of drug-likeness (QED) is 0.390. The van der Waals surface area contributed by atoms with Crippen molar-refractivity contribution in [1.82, 2.24) is 14.7 Å². The fraction of sp³-hybridized carbons (Fsp3) is 0.839. The molecular weight excluding hydrogens is 430 g/mol. The van der Waals surface area contributed by atoms with Crippen LogP contribution in [0.15, 0.2) is 17.7 Å². The molecule has 0 amide bonds. The summed E-state index contributed by atoms with van der Waals surface area (Å²) in [6, 6.07) is 2.24. The summed E-state index contributed by atoms with van der Waals surface area (Å²) in [7, 11) is 7.78. The van der Waals surface area contributed by atoms with E-state index in [1.165, 1.54) is 29.8 Å². The maximum Gasteiger partial charge on any atom is 0.0696 e. The molecule has 0 N–H and O–H groups in total. The Hall–Kier alpha value is -1.13. The van der Waals surface area contributed by atoms with E-state index in [1.807, 2.05) is 53.7 Å². The van der Waals surface area contributed by atoms with Gasteiger partial charge in [0.1, 0.15) is 0 Å². The van der Waals surface area contributed by atoms with Crippen molar-refractivity contribution in [3.05, 3.63) is 29.1 Å². The Labute approximate surface area is 221 Å². The lowest BCUT2D eigenvalue weighted by Crippen LogP contribution is -2.44. The van der Waals surface area contributed by atoms with Crippen LogP contribution < -0.4 is 0 Å². The Kier molecular flexibility index (Phi) is 19.0. The Bertz CT molecular complexity index is 686. The highest BCUT2D eigenvalue weighted by atomic mass is 16.5. The van der Waals surface area contributed by atoms with Gasteiger partial charge in [-0.15, -0.1) is 0 Å². The van der Waals surface area contributed by atoms with Crippen molar-refractivity contribution in [2.45, 2.75) is 134 Å². The molecule has 1 aliphatic rings. The Morgan fingerprint density at radius 1 is 0.943 bits per heavy atom. The number of methoxy groups -OCH3 is 1. The largest absolute Gasteiger partial charge is 0.378 e. The van der Waals surface area contributed by atoms with Crippen LogP contribution in [0.2, 0.25) is 0 Å². The second kappa shape index (κ2) is 17.3. The molecule has 1 aromatic heterocycles. The summed E-state index contributed by atoms with van der Waals surface area (Å²) in [5.74, 6) is 1.18. The molecule has 0 saturated heterocycles. The minimum Gasteiger partial charge on any atom is -0.378 e. The molecule has 4 heteroatoms. The summed E-state index contributed by atoms with van der Waals surface area (Å²) in [5, 5.41) is 4.77. The van der Waals surface area contributed by atoms with Gasteiger partial charge >= 0.3 is 0 Å². The van der Waals surface area contributed by atoms with Crippen LogP contribution in [0.1, 0.15) is 127 Å². The summed E-state index contributed by atoms with van der Waals surface area (Å²) < 4.78 is 7.61. The second-order valence-corrected chi connectivity index (χ2v) is 11.9. The molecule has 2 rings (SSSR count). The summed E-state index contributed by atoms with van der Waals surface area (Å²) in [5.41, 5.74) is 4.28. The van der Waals surface area contributed by atoms with Gasteiger partial charge < -0.3 is 9.64 Å². The van der Waals surface area contributed by atoms with E-state index in [0.717, 1.165) is 0 Å². The number of ether oxygens (including phenoxy) is 1. The highest BCUT2D eigenvalue weighted by molar-refractivity contribution is 5.25. The fourth-order valence-corrected chi connectivity index (χ4v) is 3.44. The molecule has 0 bridgehead atoms. The van der Waals surface area contributed by atoms with Crippen LogP contribution in [-0.2, 0) is 10.3 Å². The molecule has 1 aromatic rings. The van der Waals surface area contributed by atoms with E-state index in [2.05, 4.69) is 93.0 Å². The summed E-state index contributed by atoms with van der Waals surface area (Å²) in [6.07, 6.45) is 4.83. The maximum absolute atomic E-state index is 5.46. The van der Waals surface area contributed by atoms with Gasteiger partial charge in [0.05, 0.1) is 16.8 Å². The van der Waals surface area contributed by atoms with Gasteiger partial charge in [0.15, 0.2) is 0 Å². The van der Waals surface area contributed by atoms with Gasteiger partial charge in [0, 0.05) is 18.7 Å². The number of aromatic nitrogens is 2. The highest BCUT2D eigenvalue weighted by Gasteiger charge is 2.39. The summed E-state index contributed by atoms with van der Waals surface area (Å²) in [6.45, 7) is 32.2. The molecule has 1 aliphatic carbocycles. The molecule has 35 heavy (non-hydrogen) atoms. The minimum absolute atomic E-state index is 0.0405. The first-order valence-corrected chi connectivity index (χ1v) is 13.8. The standard InChI is InChI=1S/C14H22N2.C10H22O.C3H9N.2C2H6/c1-10-6-7-12(8-10)13-9-11(2)16(15-13)14(3,4)5;1-8(2)9(3,4)10(5,6)11-7;1-4(2)3;2*1-2/h8-9,12H,6-7H2,1-5H3;8H,1-7H3;1-3H3;2*1-2H3. The molecule has 1 atom stereocenters. The molecule has 0 radical (unpaired) electrons. The van der Waals surface area contributed by atoms with Gasteiger partial charge in [-0.05, 0) is 99.9 Å². The Morgan fingerprint density at radius 2 is 1.37 bits per heavy atom. The van der Waals surface area contributed by atoms with E-state index in [9.17, 15) is 0 Å². The predicted molar refractivity (Wildman–Crippen MR) is 160 cm³/mol. The van der Waals surface area contributed by atoms with Crippen LogP contribution in [0.5, 0.6) is 0 Å².